The van der Waals surface area contributed by atoms with Crippen LogP contribution in [0.25, 0.3) is 0 Å². The first-order valence-corrected chi connectivity index (χ1v) is 7.28. The van der Waals surface area contributed by atoms with Gasteiger partial charge < -0.3 is 10.2 Å². The first-order chi connectivity index (χ1) is 10.7. The normalized spacial score (nSPS) is 20.2. The largest absolute Gasteiger partial charge is 0.352 e. The maximum Gasteiger partial charge on any atom is 0.243 e. The van der Waals surface area contributed by atoms with E-state index in [1.165, 1.54) is 6.08 Å². The highest BCUT2D eigenvalue weighted by atomic mass is 16.2. The van der Waals surface area contributed by atoms with Gasteiger partial charge in [0, 0.05) is 32.0 Å². The molecule has 2 amide bonds. The van der Waals surface area contributed by atoms with Crippen molar-refractivity contribution < 1.29 is 9.59 Å². The fourth-order valence-corrected chi connectivity index (χ4v) is 2.70. The number of carbonyl (C=O) groups excluding carboxylic acids is 2. The van der Waals surface area contributed by atoms with Gasteiger partial charge in [0.15, 0.2) is 0 Å². The van der Waals surface area contributed by atoms with Crippen LogP contribution in [0.5, 0.6) is 0 Å². The maximum absolute atomic E-state index is 12.2. The van der Waals surface area contributed by atoms with Crippen LogP contribution in [0.2, 0.25) is 0 Å². The number of benzene rings is 1. The molecule has 2 rings (SSSR count). The van der Waals surface area contributed by atoms with E-state index in [2.05, 4.69) is 18.0 Å². The molecule has 0 aromatic heterocycles. The van der Waals surface area contributed by atoms with E-state index in [4.69, 9.17) is 0 Å². The lowest BCUT2D eigenvalue weighted by atomic mass is 9.90. The molecule has 0 aliphatic carbocycles. The van der Waals surface area contributed by atoms with Crippen molar-refractivity contribution in [2.75, 3.05) is 19.6 Å². The van der Waals surface area contributed by atoms with E-state index in [1.54, 1.807) is 4.90 Å². The Kier molecular flexibility index (Phi) is 5.31. The summed E-state index contributed by atoms with van der Waals surface area (Å²) in [5, 5.41) is 11.9. The highest BCUT2D eigenvalue weighted by Gasteiger charge is 2.35. The molecule has 1 saturated heterocycles. The Morgan fingerprint density at radius 3 is 2.73 bits per heavy atom. The number of nitriles is 1. The lowest BCUT2D eigenvalue weighted by Crippen LogP contribution is -2.32. The molecule has 0 spiro atoms. The van der Waals surface area contributed by atoms with E-state index < -0.39 is 0 Å². The van der Waals surface area contributed by atoms with Crippen LogP contribution in [-0.2, 0) is 9.59 Å². The van der Waals surface area contributed by atoms with Gasteiger partial charge in [0.25, 0.3) is 0 Å². The summed E-state index contributed by atoms with van der Waals surface area (Å²) in [5.74, 6) is -0.457. The van der Waals surface area contributed by atoms with Gasteiger partial charge in [-0.1, -0.05) is 36.9 Å². The van der Waals surface area contributed by atoms with Crippen molar-refractivity contribution in [1.82, 2.24) is 10.2 Å². The Hall–Kier alpha value is -2.61. The average Bonchev–Trinajstić information content (AvgIpc) is 2.99. The summed E-state index contributed by atoms with van der Waals surface area (Å²) in [6.07, 6.45) is 1.41. The molecule has 0 bridgehead atoms. The lowest BCUT2D eigenvalue weighted by molar-refractivity contribution is -0.130. The van der Waals surface area contributed by atoms with Crippen molar-refractivity contribution >= 4 is 11.8 Å². The lowest BCUT2D eigenvalue weighted by Gasteiger charge is -2.16. The fraction of sp³-hybridized carbons (Fsp3) is 0.353. The van der Waals surface area contributed by atoms with E-state index in [1.807, 2.05) is 30.3 Å². The summed E-state index contributed by atoms with van der Waals surface area (Å²) >= 11 is 0. The predicted octanol–water partition coefficient (Wildman–Crippen LogP) is 1.44. The third-order valence-corrected chi connectivity index (χ3v) is 3.89. The van der Waals surface area contributed by atoms with Crippen molar-refractivity contribution in [3.8, 4) is 6.07 Å². The monoisotopic (exact) mass is 297 g/mol. The minimum absolute atomic E-state index is 0.0388. The van der Waals surface area contributed by atoms with Crippen LogP contribution in [0.15, 0.2) is 43.0 Å². The number of hydrogen-bond donors (Lipinski definition) is 1. The molecule has 1 aliphatic rings. The smallest absolute Gasteiger partial charge is 0.243 e. The topological polar surface area (TPSA) is 73.2 Å². The SMILES string of the molecule is C=CC(=O)NCCC(=O)N1C[C@@H](C#N)[C@H](c2ccccc2)C1. The van der Waals surface area contributed by atoms with E-state index in [0.29, 0.717) is 13.1 Å². The Labute approximate surface area is 130 Å². The van der Waals surface area contributed by atoms with E-state index in [9.17, 15) is 14.9 Å². The van der Waals surface area contributed by atoms with Crippen LogP contribution < -0.4 is 5.32 Å². The number of rotatable bonds is 5. The minimum Gasteiger partial charge on any atom is -0.352 e. The number of amides is 2. The maximum atomic E-state index is 12.2. The summed E-state index contributed by atoms with van der Waals surface area (Å²) in [4.78, 5) is 25.0. The van der Waals surface area contributed by atoms with Crippen LogP contribution in [0.4, 0.5) is 0 Å². The Bertz CT molecular complexity index is 592. The summed E-state index contributed by atoms with van der Waals surface area (Å²) < 4.78 is 0. The van der Waals surface area contributed by atoms with Crippen LogP contribution in [0.3, 0.4) is 0 Å². The molecule has 2 atom stereocenters. The molecule has 0 radical (unpaired) electrons. The number of nitrogens with one attached hydrogen (secondary N) is 1. The third-order valence-electron chi connectivity index (χ3n) is 3.89. The molecular formula is C17H19N3O2. The summed E-state index contributed by atoms with van der Waals surface area (Å²) in [7, 11) is 0. The van der Waals surface area contributed by atoms with Gasteiger partial charge in [0.2, 0.25) is 11.8 Å². The Balaban J connectivity index is 1.94. The predicted molar refractivity (Wildman–Crippen MR) is 82.7 cm³/mol. The zero-order valence-corrected chi connectivity index (χ0v) is 12.4. The molecule has 1 fully saturated rings. The molecule has 1 aliphatic heterocycles. The van der Waals surface area contributed by atoms with Gasteiger partial charge in [0.1, 0.15) is 0 Å². The second-order valence-electron chi connectivity index (χ2n) is 5.30. The number of nitrogens with zero attached hydrogens (tertiary/aromatic N) is 2. The molecule has 0 saturated carbocycles. The molecule has 1 heterocycles. The quantitative estimate of drug-likeness (QED) is 0.836. The van der Waals surface area contributed by atoms with Gasteiger partial charge in [-0.3, -0.25) is 9.59 Å². The zero-order valence-electron chi connectivity index (χ0n) is 12.4. The number of likely N-dealkylation sites (tertiary alicyclic amines) is 1. The van der Waals surface area contributed by atoms with Gasteiger partial charge in [0.05, 0.1) is 12.0 Å². The number of hydrogen-bond acceptors (Lipinski definition) is 3. The van der Waals surface area contributed by atoms with Crippen molar-refractivity contribution in [2.45, 2.75) is 12.3 Å². The second kappa shape index (κ2) is 7.41. The molecule has 5 heteroatoms. The van der Waals surface area contributed by atoms with Crippen LogP contribution in [0, 0.1) is 17.2 Å². The zero-order chi connectivity index (χ0) is 15.9. The Morgan fingerprint density at radius 2 is 2.09 bits per heavy atom. The Morgan fingerprint density at radius 1 is 1.36 bits per heavy atom. The molecule has 1 aromatic rings. The molecular weight excluding hydrogens is 278 g/mol. The van der Waals surface area contributed by atoms with Crippen molar-refractivity contribution in [3.05, 3.63) is 48.6 Å². The number of carbonyl (C=O) groups is 2. The van der Waals surface area contributed by atoms with Gasteiger partial charge in [-0.05, 0) is 11.6 Å². The third kappa shape index (κ3) is 3.73. The van der Waals surface area contributed by atoms with E-state index in [0.717, 1.165) is 5.56 Å². The van der Waals surface area contributed by atoms with Crippen LogP contribution in [-0.4, -0.2) is 36.3 Å². The van der Waals surface area contributed by atoms with Gasteiger partial charge in [-0.25, -0.2) is 0 Å². The summed E-state index contributed by atoms with van der Waals surface area (Å²) in [5.41, 5.74) is 1.09. The summed E-state index contributed by atoms with van der Waals surface area (Å²) in [6.45, 7) is 4.64. The van der Waals surface area contributed by atoms with Crippen molar-refractivity contribution in [2.24, 2.45) is 5.92 Å². The van der Waals surface area contributed by atoms with Crippen LogP contribution in [0.1, 0.15) is 17.9 Å². The minimum atomic E-state index is -0.286. The van der Waals surface area contributed by atoms with Gasteiger partial charge in [-0.2, -0.15) is 5.26 Å². The standard InChI is InChI=1S/C17H19N3O2/c1-2-16(21)19-9-8-17(22)20-11-14(10-18)15(12-20)13-6-4-3-5-7-13/h2-7,14-15H,1,8-9,11-12H2,(H,19,21)/t14-,15+/m1/s1. The van der Waals surface area contributed by atoms with Crippen molar-refractivity contribution in [1.29, 1.82) is 5.26 Å². The second-order valence-corrected chi connectivity index (χ2v) is 5.30. The molecule has 114 valence electrons. The molecule has 0 unspecified atom stereocenters. The molecule has 5 nitrogen and oxygen atoms in total. The molecule has 1 N–H and O–H groups in total. The molecule has 22 heavy (non-hydrogen) atoms. The van der Waals surface area contributed by atoms with Gasteiger partial charge in [-0.15, -0.1) is 0 Å². The summed E-state index contributed by atoms with van der Waals surface area (Å²) in [6, 6.07) is 12.1. The van der Waals surface area contributed by atoms with E-state index in [-0.39, 0.29) is 36.6 Å². The highest BCUT2D eigenvalue weighted by molar-refractivity contribution is 5.87. The van der Waals surface area contributed by atoms with E-state index >= 15 is 0 Å². The van der Waals surface area contributed by atoms with Crippen LogP contribution >= 0.6 is 0 Å². The highest BCUT2D eigenvalue weighted by Crippen LogP contribution is 2.32. The average molecular weight is 297 g/mol. The fourth-order valence-electron chi connectivity index (χ4n) is 2.70. The van der Waals surface area contributed by atoms with Gasteiger partial charge >= 0.3 is 0 Å². The molecule has 1 aromatic carbocycles. The van der Waals surface area contributed by atoms with Crippen molar-refractivity contribution in [3.63, 3.8) is 0 Å². The first kappa shape index (κ1) is 15.8. The first-order valence-electron chi connectivity index (χ1n) is 7.28.